The normalized spacial score (nSPS) is 23.1. The van der Waals surface area contributed by atoms with E-state index in [1.54, 1.807) is 12.1 Å². The largest absolute Gasteiger partial charge is 0.481 e. The summed E-state index contributed by atoms with van der Waals surface area (Å²) in [4.78, 5) is 10.3. The van der Waals surface area contributed by atoms with Crippen molar-refractivity contribution in [3.8, 4) is 0 Å². The van der Waals surface area contributed by atoms with Crippen molar-refractivity contribution in [1.29, 1.82) is 0 Å². The quantitative estimate of drug-likeness (QED) is 0.824. The van der Waals surface area contributed by atoms with Crippen molar-refractivity contribution in [1.82, 2.24) is 5.32 Å². The minimum Gasteiger partial charge on any atom is -0.481 e. The van der Waals surface area contributed by atoms with Gasteiger partial charge in [-0.15, -0.1) is 0 Å². The van der Waals surface area contributed by atoms with Gasteiger partial charge in [-0.3, -0.25) is 4.79 Å². The van der Waals surface area contributed by atoms with Crippen LogP contribution in [0.3, 0.4) is 0 Å². The molecule has 0 heterocycles. The Hall–Kier alpha value is -1.42. The highest BCUT2D eigenvalue weighted by molar-refractivity contribution is 5.66. The van der Waals surface area contributed by atoms with Gasteiger partial charge in [-0.1, -0.05) is 12.1 Å². The number of hydrogen-bond acceptors (Lipinski definition) is 2. The average Bonchev–Trinajstić information content (AvgIpc) is 2.21. The summed E-state index contributed by atoms with van der Waals surface area (Å²) in [6.45, 7) is 0.510. The molecule has 1 aliphatic rings. The minimum absolute atomic E-state index is 0.154. The number of carboxylic acids is 1. The number of rotatable bonds is 5. The summed E-state index contributed by atoms with van der Waals surface area (Å²) in [5.41, 5.74) is 1.04. The number of carboxylic acid groups (broad SMARTS) is 1. The molecule has 0 aromatic heterocycles. The van der Waals surface area contributed by atoms with Gasteiger partial charge in [-0.2, -0.15) is 0 Å². The van der Waals surface area contributed by atoms with E-state index < -0.39 is 5.97 Å². The van der Waals surface area contributed by atoms with Crippen molar-refractivity contribution < 1.29 is 14.3 Å². The summed E-state index contributed by atoms with van der Waals surface area (Å²) in [6, 6.07) is 7.09. The van der Waals surface area contributed by atoms with Crippen LogP contribution in [0.25, 0.3) is 0 Å². The van der Waals surface area contributed by atoms with Gasteiger partial charge in [0.15, 0.2) is 0 Å². The van der Waals surface area contributed by atoms with Gasteiger partial charge in [0.25, 0.3) is 0 Å². The van der Waals surface area contributed by atoms with Gasteiger partial charge in [0.1, 0.15) is 5.82 Å². The molecule has 0 spiro atoms. The summed E-state index contributed by atoms with van der Waals surface area (Å²) < 4.78 is 13.0. The molecule has 4 heteroatoms. The highest BCUT2D eigenvalue weighted by Gasteiger charge is 2.29. The van der Waals surface area contributed by atoms with Crippen LogP contribution in [0.1, 0.15) is 30.7 Å². The van der Waals surface area contributed by atoms with E-state index >= 15 is 0 Å². The van der Waals surface area contributed by atoms with E-state index in [9.17, 15) is 9.18 Å². The Balaban J connectivity index is 1.73. The van der Waals surface area contributed by atoms with Crippen LogP contribution < -0.4 is 5.32 Å². The molecular formula is C13H16FNO2. The van der Waals surface area contributed by atoms with Gasteiger partial charge in [-0.05, 0) is 36.5 Å². The molecule has 0 saturated heterocycles. The number of carbonyl (C=O) groups is 1. The summed E-state index contributed by atoms with van der Waals surface area (Å²) >= 11 is 0. The Labute approximate surface area is 99.7 Å². The van der Waals surface area contributed by atoms with Gasteiger partial charge in [0.05, 0.1) is 6.42 Å². The lowest BCUT2D eigenvalue weighted by Crippen LogP contribution is -2.40. The van der Waals surface area contributed by atoms with E-state index in [0.29, 0.717) is 18.5 Å². The lowest BCUT2D eigenvalue weighted by Gasteiger charge is -2.36. The molecule has 92 valence electrons. The van der Waals surface area contributed by atoms with E-state index in [1.165, 1.54) is 6.07 Å². The van der Waals surface area contributed by atoms with Crippen molar-refractivity contribution in [2.75, 3.05) is 6.54 Å². The molecule has 2 rings (SSSR count). The van der Waals surface area contributed by atoms with Crippen LogP contribution in [0.15, 0.2) is 24.3 Å². The topological polar surface area (TPSA) is 49.3 Å². The Morgan fingerprint density at radius 2 is 2.24 bits per heavy atom. The zero-order chi connectivity index (χ0) is 12.3. The standard InChI is InChI=1S/C13H16FNO2/c14-11-3-1-2-9(6-11)10-7-12(8-10)15-5-4-13(16)17/h1-3,6,10,12,15H,4-5,7-8H2,(H,16,17). The lowest BCUT2D eigenvalue weighted by atomic mass is 9.76. The Morgan fingerprint density at radius 3 is 2.88 bits per heavy atom. The average molecular weight is 237 g/mol. The SMILES string of the molecule is O=C(O)CCNC1CC(c2cccc(F)c2)C1. The molecule has 17 heavy (non-hydrogen) atoms. The van der Waals surface area contributed by atoms with Gasteiger partial charge < -0.3 is 10.4 Å². The Morgan fingerprint density at radius 1 is 1.47 bits per heavy atom. The predicted octanol–water partition coefficient (Wildman–Crippen LogP) is 2.14. The molecule has 1 saturated carbocycles. The molecule has 0 radical (unpaired) electrons. The van der Waals surface area contributed by atoms with E-state index in [-0.39, 0.29) is 12.2 Å². The highest BCUT2D eigenvalue weighted by Crippen LogP contribution is 2.36. The third-order valence-corrected chi connectivity index (χ3v) is 3.23. The van der Waals surface area contributed by atoms with E-state index in [2.05, 4.69) is 5.32 Å². The minimum atomic E-state index is -0.779. The maximum Gasteiger partial charge on any atom is 0.304 e. The lowest BCUT2D eigenvalue weighted by molar-refractivity contribution is -0.136. The van der Waals surface area contributed by atoms with E-state index in [0.717, 1.165) is 18.4 Å². The Bertz CT molecular complexity index is 402. The van der Waals surface area contributed by atoms with Gasteiger partial charge in [0, 0.05) is 12.6 Å². The van der Waals surface area contributed by atoms with Gasteiger partial charge in [-0.25, -0.2) is 4.39 Å². The second kappa shape index (κ2) is 5.27. The molecule has 0 amide bonds. The zero-order valence-electron chi connectivity index (χ0n) is 9.53. The summed E-state index contributed by atoms with van der Waals surface area (Å²) in [6.07, 6.45) is 2.08. The molecule has 2 N–H and O–H groups in total. The maximum atomic E-state index is 13.0. The number of nitrogens with one attached hydrogen (secondary N) is 1. The first-order valence-electron chi connectivity index (χ1n) is 5.86. The van der Waals surface area contributed by atoms with Crippen molar-refractivity contribution in [3.63, 3.8) is 0 Å². The first kappa shape index (κ1) is 12.0. The summed E-state index contributed by atoms with van der Waals surface area (Å²) in [5, 5.41) is 11.7. The number of hydrogen-bond donors (Lipinski definition) is 2. The van der Waals surface area contributed by atoms with Crippen molar-refractivity contribution in [2.24, 2.45) is 0 Å². The number of halogens is 1. The highest BCUT2D eigenvalue weighted by atomic mass is 19.1. The third-order valence-electron chi connectivity index (χ3n) is 3.23. The van der Waals surface area contributed by atoms with Gasteiger partial charge in [0.2, 0.25) is 0 Å². The molecule has 0 unspecified atom stereocenters. The van der Waals surface area contributed by atoms with Crippen LogP contribution in [-0.2, 0) is 4.79 Å². The van der Waals surface area contributed by atoms with Crippen LogP contribution in [0.4, 0.5) is 4.39 Å². The van der Waals surface area contributed by atoms with Crippen LogP contribution in [0, 0.1) is 5.82 Å². The fraction of sp³-hybridized carbons (Fsp3) is 0.462. The van der Waals surface area contributed by atoms with Crippen LogP contribution >= 0.6 is 0 Å². The first-order valence-corrected chi connectivity index (χ1v) is 5.86. The van der Waals surface area contributed by atoms with Crippen molar-refractivity contribution in [2.45, 2.75) is 31.2 Å². The smallest absolute Gasteiger partial charge is 0.304 e. The van der Waals surface area contributed by atoms with Crippen LogP contribution in [-0.4, -0.2) is 23.7 Å². The van der Waals surface area contributed by atoms with Crippen molar-refractivity contribution in [3.05, 3.63) is 35.6 Å². The summed E-state index contributed by atoms with van der Waals surface area (Å²) in [5.74, 6) is -0.559. The Kier molecular flexibility index (Phi) is 3.74. The molecule has 1 aliphatic carbocycles. The molecule has 0 bridgehead atoms. The third kappa shape index (κ3) is 3.27. The zero-order valence-corrected chi connectivity index (χ0v) is 9.53. The van der Waals surface area contributed by atoms with Crippen LogP contribution in [0.5, 0.6) is 0 Å². The number of aliphatic carboxylic acids is 1. The fourth-order valence-electron chi connectivity index (χ4n) is 2.20. The fourth-order valence-corrected chi connectivity index (χ4v) is 2.20. The molecular weight excluding hydrogens is 221 g/mol. The molecule has 3 nitrogen and oxygen atoms in total. The predicted molar refractivity (Wildman–Crippen MR) is 62.4 cm³/mol. The maximum absolute atomic E-state index is 13.0. The van der Waals surface area contributed by atoms with Crippen molar-refractivity contribution >= 4 is 5.97 Å². The van der Waals surface area contributed by atoms with Crippen LogP contribution in [0.2, 0.25) is 0 Å². The summed E-state index contributed by atoms with van der Waals surface area (Å²) in [7, 11) is 0. The molecule has 1 fully saturated rings. The van der Waals surface area contributed by atoms with Gasteiger partial charge >= 0.3 is 5.97 Å². The molecule has 1 aromatic rings. The second-order valence-corrected chi connectivity index (χ2v) is 4.52. The second-order valence-electron chi connectivity index (χ2n) is 4.52. The molecule has 0 atom stereocenters. The van der Waals surface area contributed by atoms with E-state index in [4.69, 9.17) is 5.11 Å². The van der Waals surface area contributed by atoms with E-state index in [1.807, 2.05) is 6.07 Å². The number of benzene rings is 1. The molecule has 1 aromatic carbocycles. The first-order chi connectivity index (χ1) is 8.15. The molecule has 0 aliphatic heterocycles. The monoisotopic (exact) mass is 237 g/mol.